The van der Waals surface area contributed by atoms with Gasteiger partial charge in [0.25, 0.3) is 0 Å². The third-order valence-electron chi connectivity index (χ3n) is 3.74. The molecule has 4 heteroatoms. The lowest BCUT2D eigenvalue weighted by atomic mass is 9.77. The predicted molar refractivity (Wildman–Crippen MR) is 71.6 cm³/mol. The molecule has 1 aliphatic rings. The zero-order valence-electron chi connectivity index (χ0n) is 10.5. The summed E-state index contributed by atoms with van der Waals surface area (Å²) in [6, 6.07) is 7.84. The van der Waals surface area contributed by atoms with Crippen molar-refractivity contribution in [3.8, 4) is 0 Å². The molecule has 18 heavy (non-hydrogen) atoms. The Labute approximate surface area is 106 Å². The summed E-state index contributed by atoms with van der Waals surface area (Å²) in [5.41, 5.74) is 2.50. The molecule has 1 fully saturated rings. The molecule has 0 atom stereocenters. The maximum atomic E-state index is 9.49. The van der Waals surface area contributed by atoms with Crippen LogP contribution in [0.4, 0.5) is 5.82 Å². The van der Waals surface area contributed by atoms with Gasteiger partial charge in [-0.2, -0.15) is 0 Å². The highest BCUT2D eigenvalue weighted by Gasteiger charge is 2.36. The molecule has 1 saturated carbocycles. The van der Waals surface area contributed by atoms with Crippen molar-refractivity contribution in [1.29, 1.82) is 0 Å². The molecule has 0 bridgehead atoms. The fourth-order valence-corrected chi connectivity index (χ4v) is 2.38. The number of hydrogen-bond acceptors (Lipinski definition) is 4. The van der Waals surface area contributed by atoms with Crippen LogP contribution in [-0.2, 0) is 0 Å². The third kappa shape index (κ3) is 1.82. The molecule has 0 radical (unpaired) electrons. The third-order valence-corrected chi connectivity index (χ3v) is 3.74. The lowest BCUT2D eigenvalue weighted by molar-refractivity contribution is 0.143. The van der Waals surface area contributed by atoms with Gasteiger partial charge in [0.15, 0.2) is 0 Å². The van der Waals surface area contributed by atoms with Crippen LogP contribution >= 0.6 is 0 Å². The van der Waals surface area contributed by atoms with Crippen LogP contribution in [0.5, 0.6) is 0 Å². The quantitative estimate of drug-likeness (QED) is 0.868. The maximum Gasteiger partial charge on any atom is 0.148 e. The minimum atomic E-state index is -0.179. The molecule has 2 N–H and O–H groups in total. The summed E-state index contributed by atoms with van der Waals surface area (Å²) in [6.45, 7) is 2.10. The maximum absolute atomic E-state index is 9.49. The zero-order chi connectivity index (χ0) is 12.6. The monoisotopic (exact) mass is 243 g/mol. The molecule has 1 aromatic heterocycles. The largest absolute Gasteiger partial charge is 0.394 e. The summed E-state index contributed by atoms with van der Waals surface area (Å²) in [5, 5.41) is 12.9. The summed E-state index contributed by atoms with van der Waals surface area (Å²) < 4.78 is 0. The predicted octanol–water partition coefficient (Wildman–Crippen LogP) is 2.27. The summed E-state index contributed by atoms with van der Waals surface area (Å²) >= 11 is 0. The molecule has 0 spiro atoms. The van der Waals surface area contributed by atoms with E-state index >= 15 is 0 Å². The first-order valence-corrected chi connectivity index (χ1v) is 6.35. The van der Waals surface area contributed by atoms with Crippen molar-refractivity contribution in [1.82, 2.24) is 9.97 Å². The average Bonchev–Trinajstić information content (AvgIpc) is 2.34. The first-order chi connectivity index (χ1) is 8.72. The van der Waals surface area contributed by atoms with Gasteiger partial charge in [0.2, 0.25) is 0 Å². The first kappa shape index (κ1) is 11.4. The van der Waals surface area contributed by atoms with Gasteiger partial charge in [-0.1, -0.05) is 12.1 Å². The van der Waals surface area contributed by atoms with E-state index < -0.39 is 0 Å². The van der Waals surface area contributed by atoms with Crippen LogP contribution in [0.2, 0.25) is 0 Å². The normalized spacial score (nSPS) is 17.4. The molecule has 1 aromatic carbocycles. The molecule has 4 nitrogen and oxygen atoms in total. The van der Waals surface area contributed by atoms with Crippen LogP contribution in [-0.4, -0.2) is 27.2 Å². The number of aliphatic hydroxyl groups excluding tert-OH is 1. The smallest absolute Gasteiger partial charge is 0.148 e. The second kappa shape index (κ2) is 4.21. The number of aryl methyl sites for hydroxylation is 1. The van der Waals surface area contributed by atoms with E-state index in [9.17, 15) is 5.11 Å². The molecular weight excluding hydrogens is 226 g/mol. The van der Waals surface area contributed by atoms with E-state index in [4.69, 9.17) is 0 Å². The lowest BCUT2D eigenvalue weighted by Crippen LogP contribution is -2.48. The van der Waals surface area contributed by atoms with Gasteiger partial charge in [-0.05, 0) is 38.3 Å². The van der Waals surface area contributed by atoms with Crippen LogP contribution in [0.15, 0.2) is 24.3 Å². The van der Waals surface area contributed by atoms with Gasteiger partial charge in [-0.25, -0.2) is 9.97 Å². The second-order valence-corrected chi connectivity index (χ2v) is 5.06. The standard InChI is InChI=1S/C14H17N3O/c1-10-13(17-14(9-18)7-4-8-14)16-12-6-3-2-5-11(12)15-10/h2-3,5-6,18H,4,7-9H2,1H3,(H,16,17). The summed E-state index contributed by atoms with van der Waals surface area (Å²) in [7, 11) is 0. The van der Waals surface area contributed by atoms with Crippen LogP contribution in [0.25, 0.3) is 11.0 Å². The molecule has 0 aliphatic heterocycles. The van der Waals surface area contributed by atoms with E-state index in [1.54, 1.807) is 0 Å². The molecule has 0 amide bonds. The molecule has 94 valence electrons. The van der Waals surface area contributed by atoms with Crippen LogP contribution in [0.1, 0.15) is 25.0 Å². The molecule has 2 aromatic rings. The van der Waals surface area contributed by atoms with E-state index in [0.29, 0.717) is 0 Å². The second-order valence-electron chi connectivity index (χ2n) is 5.06. The average molecular weight is 243 g/mol. The van der Waals surface area contributed by atoms with E-state index in [2.05, 4.69) is 15.3 Å². The number of nitrogens with zero attached hydrogens (tertiary/aromatic N) is 2. The molecular formula is C14H17N3O. The Hall–Kier alpha value is -1.68. The fourth-order valence-electron chi connectivity index (χ4n) is 2.38. The number of fused-ring (bicyclic) bond motifs is 1. The van der Waals surface area contributed by atoms with Crippen LogP contribution in [0.3, 0.4) is 0 Å². The van der Waals surface area contributed by atoms with E-state index in [1.165, 1.54) is 0 Å². The lowest BCUT2D eigenvalue weighted by Gasteiger charge is -2.41. The first-order valence-electron chi connectivity index (χ1n) is 6.35. The van der Waals surface area contributed by atoms with Crippen LogP contribution in [0, 0.1) is 6.92 Å². The van der Waals surface area contributed by atoms with Crippen molar-refractivity contribution >= 4 is 16.9 Å². The topological polar surface area (TPSA) is 58.0 Å². The molecule has 0 unspecified atom stereocenters. The number of aliphatic hydroxyl groups is 1. The SMILES string of the molecule is Cc1nc2ccccc2nc1NC1(CO)CCC1. The van der Waals surface area contributed by atoms with Crippen molar-refractivity contribution in [2.24, 2.45) is 0 Å². The van der Waals surface area contributed by atoms with Gasteiger partial charge in [-0.15, -0.1) is 0 Å². The van der Waals surface area contributed by atoms with Gasteiger partial charge in [0, 0.05) is 0 Å². The zero-order valence-corrected chi connectivity index (χ0v) is 10.5. The summed E-state index contributed by atoms with van der Waals surface area (Å²) in [4.78, 5) is 9.15. The van der Waals surface area contributed by atoms with Crippen molar-refractivity contribution in [2.45, 2.75) is 31.7 Å². The number of hydrogen-bond donors (Lipinski definition) is 2. The number of nitrogens with one attached hydrogen (secondary N) is 1. The number of para-hydroxylation sites is 2. The van der Waals surface area contributed by atoms with E-state index in [-0.39, 0.29) is 12.1 Å². The van der Waals surface area contributed by atoms with Gasteiger partial charge >= 0.3 is 0 Å². The van der Waals surface area contributed by atoms with Gasteiger partial charge < -0.3 is 10.4 Å². The fraction of sp³-hybridized carbons (Fsp3) is 0.429. The summed E-state index contributed by atoms with van der Waals surface area (Å²) in [5.74, 6) is 0.794. The van der Waals surface area contributed by atoms with Crippen LogP contribution < -0.4 is 5.32 Å². The molecule has 3 rings (SSSR count). The molecule has 1 aliphatic carbocycles. The number of anilines is 1. The van der Waals surface area contributed by atoms with Crippen molar-refractivity contribution < 1.29 is 5.11 Å². The van der Waals surface area contributed by atoms with E-state index in [0.717, 1.165) is 41.8 Å². The van der Waals surface area contributed by atoms with Crippen molar-refractivity contribution in [2.75, 3.05) is 11.9 Å². The Morgan fingerprint density at radius 3 is 2.44 bits per heavy atom. The summed E-state index contributed by atoms with van der Waals surface area (Å²) in [6.07, 6.45) is 3.16. The van der Waals surface area contributed by atoms with Gasteiger partial charge in [0.05, 0.1) is 28.9 Å². The van der Waals surface area contributed by atoms with Gasteiger partial charge in [0.1, 0.15) is 5.82 Å². The Kier molecular flexibility index (Phi) is 2.67. The number of benzene rings is 1. The Balaban J connectivity index is 1.98. The molecule has 1 heterocycles. The Morgan fingerprint density at radius 2 is 1.89 bits per heavy atom. The Morgan fingerprint density at radius 1 is 1.22 bits per heavy atom. The highest BCUT2D eigenvalue weighted by Crippen LogP contribution is 2.35. The Bertz CT molecular complexity index is 573. The van der Waals surface area contributed by atoms with Crippen molar-refractivity contribution in [3.63, 3.8) is 0 Å². The minimum Gasteiger partial charge on any atom is -0.394 e. The minimum absolute atomic E-state index is 0.154. The number of aromatic nitrogens is 2. The van der Waals surface area contributed by atoms with E-state index in [1.807, 2.05) is 31.2 Å². The van der Waals surface area contributed by atoms with Gasteiger partial charge in [-0.3, -0.25) is 0 Å². The number of rotatable bonds is 3. The van der Waals surface area contributed by atoms with Crippen molar-refractivity contribution in [3.05, 3.63) is 30.0 Å². The highest BCUT2D eigenvalue weighted by atomic mass is 16.3. The highest BCUT2D eigenvalue weighted by molar-refractivity contribution is 5.76. The molecule has 0 saturated heterocycles.